The first-order valence-electron chi connectivity index (χ1n) is 10.1. The van der Waals surface area contributed by atoms with Crippen LogP contribution in [0.3, 0.4) is 0 Å². The van der Waals surface area contributed by atoms with Gasteiger partial charge in [0, 0.05) is 32.2 Å². The number of ether oxygens (including phenoxy) is 3. The van der Waals surface area contributed by atoms with E-state index in [0.29, 0.717) is 33.5 Å². The van der Waals surface area contributed by atoms with Crippen LogP contribution in [-0.4, -0.2) is 54.0 Å². The van der Waals surface area contributed by atoms with E-state index in [1.165, 1.54) is 18.9 Å². The number of rotatable bonds is 6. The van der Waals surface area contributed by atoms with E-state index in [1.807, 2.05) is 6.07 Å². The summed E-state index contributed by atoms with van der Waals surface area (Å²) in [6.07, 6.45) is -1.12. The van der Waals surface area contributed by atoms with Gasteiger partial charge in [-0.15, -0.1) is 0 Å². The molecule has 0 bridgehead atoms. The Kier molecular flexibility index (Phi) is 5.84. The number of aromatic nitrogens is 2. The van der Waals surface area contributed by atoms with Crippen LogP contribution in [0.2, 0.25) is 0 Å². The Balaban J connectivity index is 1.89. The smallest absolute Gasteiger partial charge is 0.274 e. The van der Waals surface area contributed by atoms with Crippen molar-refractivity contribution in [1.82, 2.24) is 9.78 Å². The number of aliphatic hydroxyl groups excluding tert-OH is 1. The molecule has 3 aromatic rings. The molecule has 0 unspecified atom stereocenters. The van der Waals surface area contributed by atoms with Crippen molar-refractivity contribution in [2.24, 2.45) is 7.05 Å². The van der Waals surface area contributed by atoms with Gasteiger partial charge in [-0.25, -0.2) is 4.68 Å². The van der Waals surface area contributed by atoms with Gasteiger partial charge in [-0.1, -0.05) is 18.2 Å². The van der Waals surface area contributed by atoms with Gasteiger partial charge >= 0.3 is 0 Å². The normalized spacial score (nSPS) is 19.1. The molecule has 0 radical (unpaired) electrons. The Morgan fingerprint density at radius 3 is 2.56 bits per heavy atom. The van der Waals surface area contributed by atoms with Crippen LogP contribution in [-0.2, 0) is 16.5 Å². The Hall–Kier alpha value is -3.45. The van der Waals surface area contributed by atoms with Crippen molar-refractivity contribution < 1.29 is 19.3 Å². The lowest BCUT2D eigenvalue weighted by atomic mass is 9.84. The number of anilines is 1. The van der Waals surface area contributed by atoms with Gasteiger partial charge in [0.2, 0.25) is 0 Å². The number of nitrogens with one attached hydrogen (secondary N) is 1. The van der Waals surface area contributed by atoms with E-state index in [1.54, 1.807) is 43.4 Å². The molecule has 1 aliphatic rings. The van der Waals surface area contributed by atoms with Gasteiger partial charge in [0.05, 0.1) is 36.3 Å². The van der Waals surface area contributed by atoms with Crippen LogP contribution in [0.25, 0.3) is 10.8 Å². The highest BCUT2D eigenvalue weighted by atomic mass is 16.6. The van der Waals surface area contributed by atoms with Gasteiger partial charge < -0.3 is 24.6 Å². The molecule has 2 atom stereocenters. The molecule has 0 saturated heterocycles. The van der Waals surface area contributed by atoms with Crippen molar-refractivity contribution in [1.29, 1.82) is 5.26 Å². The quantitative estimate of drug-likeness (QED) is 0.600. The first-order valence-corrected chi connectivity index (χ1v) is 10.1. The zero-order valence-electron chi connectivity index (χ0n) is 18.0. The van der Waals surface area contributed by atoms with Crippen LogP contribution in [0.1, 0.15) is 17.2 Å². The summed E-state index contributed by atoms with van der Waals surface area (Å²) < 4.78 is 18.2. The third-order valence-electron chi connectivity index (χ3n) is 5.67. The fourth-order valence-corrected chi connectivity index (χ4v) is 4.18. The third-order valence-corrected chi connectivity index (χ3v) is 5.67. The number of nitrogens with zero attached hydrogens (tertiary/aromatic N) is 3. The molecule has 9 nitrogen and oxygen atoms in total. The predicted octanol–water partition coefficient (Wildman–Crippen LogP) is 1.74. The molecule has 2 heterocycles. The fraction of sp³-hybridized carbons (Fsp3) is 0.348. The third kappa shape index (κ3) is 3.58. The second-order valence-corrected chi connectivity index (χ2v) is 7.79. The van der Waals surface area contributed by atoms with Crippen molar-refractivity contribution in [3.63, 3.8) is 0 Å². The summed E-state index contributed by atoms with van der Waals surface area (Å²) in [5.41, 5.74) is -0.396. The summed E-state index contributed by atoms with van der Waals surface area (Å²) in [5, 5.41) is 29.7. The van der Waals surface area contributed by atoms with Crippen LogP contribution in [0.4, 0.5) is 5.82 Å². The lowest BCUT2D eigenvalue weighted by molar-refractivity contribution is -0.142. The van der Waals surface area contributed by atoms with Crippen LogP contribution < -0.4 is 15.6 Å². The Morgan fingerprint density at radius 1 is 1.22 bits per heavy atom. The SMILES string of the molecule is COCC1(COC)Oc2ccc(C#N)cc2[C@@H](Nc2nn(C)c(=O)c3ccccc23)[C@@H]1O. The van der Waals surface area contributed by atoms with Gasteiger partial charge in [0.25, 0.3) is 5.56 Å². The van der Waals surface area contributed by atoms with E-state index < -0.39 is 17.7 Å². The minimum atomic E-state index is -1.20. The van der Waals surface area contributed by atoms with Gasteiger partial charge in [-0.3, -0.25) is 4.79 Å². The molecular formula is C23H24N4O5. The van der Waals surface area contributed by atoms with Crippen molar-refractivity contribution in [3.05, 3.63) is 63.9 Å². The van der Waals surface area contributed by atoms with E-state index in [9.17, 15) is 15.2 Å². The summed E-state index contributed by atoms with van der Waals surface area (Å²) in [5.74, 6) is 0.917. The number of fused-ring (bicyclic) bond motifs is 2. The molecule has 0 fully saturated rings. The molecule has 1 aliphatic heterocycles. The Bertz CT molecular complexity index is 1240. The van der Waals surface area contributed by atoms with E-state index in [4.69, 9.17) is 14.2 Å². The van der Waals surface area contributed by atoms with Crippen LogP contribution in [0.15, 0.2) is 47.3 Å². The average Bonchev–Trinajstić information content (AvgIpc) is 2.80. The highest BCUT2D eigenvalue weighted by Crippen LogP contribution is 2.42. The second-order valence-electron chi connectivity index (χ2n) is 7.79. The van der Waals surface area contributed by atoms with Crippen LogP contribution in [0.5, 0.6) is 5.75 Å². The summed E-state index contributed by atoms with van der Waals surface area (Å²) in [4.78, 5) is 12.5. The molecule has 0 saturated carbocycles. The van der Waals surface area contributed by atoms with E-state index in [0.717, 1.165) is 0 Å². The minimum absolute atomic E-state index is 0.0705. The first-order chi connectivity index (χ1) is 15.4. The number of methoxy groups -OCH3 is 2. The lowest BCUT2D eigenvalue weighted by Gasteiger charge is -2.45. The van der Waals surface area contributed by atoms with Crippen molar-refractivity contribution in [3.8, 4) is 11.8 Å². The minimum Gasteiger partial charge on any atom is -0.479 e. The maximum absolute atomic E-state index is 12.5. The number of aryl methyl sites for hydroxylation is 1. The predicted molar refractivity (Wildman–Crippen MR) is 118 cm³/mol. The Labute approximate surface area is 184 Å². The van der Waals surface area contributed by atoms with E-state index in [-0.39, 0.29) is 18.8 Å². The molecule has 1 aromatic heterocycles. The number of nitriles is 1. The zero-order valence-corrected chi connectivity index (χ0v) is 18.0. The monoisotopic (exact) mass is 436 g/mol. The van der Waals surface area contributed by atoms with Crippen molar-refractivity contribution in [2.75, 3.05) is 32.8 Å². The zero-order chi connectivity index (χ0) is 22.9. The molecule has 32 heavy (non-hydrogen) atoms. The van der Waals surface area contributed by atoms with Crippen LogP contribution in [0, 0.1) is 11.3 Å². The fourth-order valence-electron chi connectivity index (χ4n) is 4.18. The molecule has 0 aliphatic carbocycles. The standard InChI is InChI=1S/C23H24N4O5/c1-27-22(29)16-7-5-4-6-15(16)21(26-27)25-19-17-10-14(11-24)8-9-18(17)32-23(12-30-2,13-31-3)20(19)28/h4-10,19-20,28H,12-13H2,1-3H3,(H,25,26)/t19-,20+/m1/s1. The number of benzene rings is 2. The maximum Gasteiger partial charge on any atom is 0.274 e. The molecular weight excluding hydrogens is 412 g/mol. The lowest BCUT2D eigenvalue weighted by Crippen LogP contribution is -2.60. The van der Waals surface area contributed by atoms with Crippen molar-refractivity contribution in [2.45, 2.75) is 17.7 Å². The highest BCUT2D eigenvalue weighted by Gasteiger charge is 2.50. The molecule has 4 rings (SSSR count). The summed E-state index contributed by atoms with van der Waals surface area (Å²) in [7, 11) is 4.61. The van der Waals surface area contributed by atoms with Gasteiger partial charge in [0.15, 0.2) is 11.4 Å². The molecule has 9 heteroatoms. The highest BCUT2D eigenvalue weighted by molar-refractivity contribution is 5.91. The van der Waals surface area contributed by atoms with E-state index >= 15 is 0 Å². The second kappa shape index (κ2) is 8.59. The summed E-state index contributed by atoms with van der Waals surface area (Å²) in [6, 6.07) is 13.5. The maximum atomic E-state index is 12.5. The molecule has 0 spiro atoms. The van der Waals surface area contributed by atoms with Crippen LogP contribution >= 0.6 is 0 Å². The molecule has 2 N–H and O–H groups in total. The molecule has 0 amide bonds. The summed E-state index contributed by atoms with van der Waals surface area (Å²) in [6.45, 7) is 0.141. The summed E-state index contributed by atoms with van der Waals surface area (Å²) >= 11 is 0. The van der Waals surface area contributed by atoms with E-state index in [2.05, 4.69) is 16.5 Å². The largest absolute Gasteiger partial charge is 0.479 e. The van der Waals surface area contributed by atoms with Crippen molar-refractivity contribution >= 4 is 16.6 Å². The number of hydrogen-bond donors (Lipinski definition) is 2. The van der Waals surface area contributed by atoms with Gasteiger partial charge in [-0.2, -0.15) is 10.4 Å². The molecule has 2 aromatic carbocycles. The average molecular weight is 436 g/mol. The number of aliphatic hydroxyl groups is 1. The first kappa shape index (κ1) is 21.8. The topological polar surface area (TPSA) is 119 Å². The Morgan fingerprint density at radius 2 is 1.91 bits per heavy atom. The van der Waals surface area contributed by atoms with Gasteiger partial charge in [0.1, 0.15) is 11.9 Å². The van der Waals surface area contributed by atoms with Gasteiger partial charge in [-0.05, 0) is 24.3 Å². The number of hydrogen-bond acceptors (Lipinski definition) is 8. The molecule has 166 valence electrons.